The Morgan fingerprint density at radius 1 is 1.16 bits per heavy atom. The van der Waals surface area contributed by atoms with Gasteiger partial charge in [-0.25, -0.2) is 4.39 Å². The van der Waals surface area contributed by atoms with Gasteiger partial charge in [0.25, 0.3) is 11.8 Å². The molecule has 0 radical (unpaired) electrons. The van der Waals surface area contributed by atoms with Gasteiger partial charge in [-0.2, -0.15) is 0 Å². The van der Waals surface area contributed by atoms with Crippen LogP contribution in [0.3, 0.4) is 0 Å². The summed E-state index contributed by atoms with van der Waals surface area (Å²) in [4.78, 5) is 31.5. The van der Waals surface area contributed by atoms with Gasteiger partial charge in [0.15, 0.2) is 0 Å². The van der Waals surface area contributed by atoms with Crippen LogP contribution in [0.2, 0.25) is 0 Å². The first-order valence-corrected chi connectivity index (χ1v) is 11.6. The molecule has 162 valence electrons. The Morgan fingerprint density at radius 2 is 2.00 bits per heavy atom. The Kier molecular flexibility index (Phi) is 6.92. The average Bonchev–Trinajstić information content (AvgIpc) is 3.23. The molecule has 1 aromatic carbocycles. The summed E-state index contributed by atoms with van der Waals surface area (Å²) in [7, 11) is 0. The van der Waals surface area contributed by atoms with Crippen molar-refractivity contribution in [1.29, 1.82) is 0 Å². The van der Waals surface area contributed by atoms with E-state index < -0.39 is 0 Å². The standard InChI is InChI=1S/C24H26FN3O2S/c25-20-6-3-5-19(14-20)24(30)28-12-8-17(9-13-28)4-1-2-10-27-23(29)21-15-18-7-11-26-16-22(18)31-21/h3,5-7,11,14-17H,1-2,4,8-10,12-13H2,(H,27,29). The zero-order chi connectivity index (χ0) is 21.6. The smallest absolute Gasteiger partial charge is 0.261 e. The van der Waals surface area contributed by atoms with Crippen LogP contribution in [0.25, 0.3) is 10.1 Å². The van der Waals surface area contributed by atoms with E-state index in [1.54, 1.807) is 24.5 Å². The van der Waals surface area contributed by atoms with Crippen LogP contribution >= 0.6 is 11.3 Å². The van der Waals surface area contributed by atoms with Gasteiger partial charge in [0, 0.05) is 37.6 Å². The number of nitrogens with zero attached hydrogens (tertiary/aromatic N) is 2. The highest BCUT2D eigenvalue weighted by Crippen LogP contribution is 2.25. The minimum Gasteiger partial charge on any atom is -0.351 e. The lowest BCUT2D eigenvalue weighted by Gasteiger charge is -2.32. The summed E-state index contributed by atoms with van der Waals surface area (Å²) in [5.74, 6) is 0.114. The zero-order valence-electron chi connectivity index (χ0n) is 17.4. The highest BCUT2D eigenvalue weighted by atomic mass is 32.1. The third-order valence-corrected chi connectivity index (χ3v) is 6.93. The lowest BCUT2D eigenvalue weighted by molar-refractivity contribution is 0.0685. The van der Waals surface area contributed by atoms with Crippen molar-refractivity contribution >= 4 is 33.2 Å². The fourth-order valence-corrected chi connectivity index (χ4v) is 5.02. The van der Waals surface area contributed by atoms with Crippen molar-refractivity contribution in [2.45, 2.75) is 32.1 Å². The maximum atomic E-state index is 13.4. The molecule has 1 N–H and O–H groups in total. The van der Waals surface area contributed by atoms with Crippen molar-refractivity contribution in [3.05, 3.63) is 65.0 Å². The maximum absolute atomic E-state index is 13.4. The fraction of sp³-hybridized carbons (Fsp3) is 0.375. The van der Waals surface area contributed by atoms with E-state index in [0.717, 1.165) is 60.2 Å². The van der Waals surface area contributed by atoms with Crippen molar-refractivity contribution in [2.75, 3.05) is 19.6 Å². The Balaban J connectivity index is 1.14. The largest absolute Gasteiger partial charge is 0.351 e. The van der Waals surface area contributed by atoms with Gasteiger partial charge in [0.05, 0.1) is 9.58 Å². The van der Waals surface area contributed by atoms with Gasteiger partial charge in [0.2, 0.25) is 0 Å². The van der Waals surface area contributed by atoms with Crippen LogP contribution < -0.4 is 5.32 Å². The molecule has 0 saturated carbocycles. The minimum absolute atomic E-state index is 0.0228. The quantitative estimate of drug-likeness (QED) is 0.533. The lowest BCUT2D eigenvalue weighted by atomic mass is 9.91. The van der Waals surface area contributed by atoms with Crippen molar-refractivity contribution < 1.29 is 14.0 Å². The molecule has 2 aromatic heterocycles. The van der Waals surface area contributed by atoms with Crippen molar-refractivity contribution in [1.82, 2.24) is 15.2 Å². The van der Waals surface area contributed by atoms with Gasteiger partial charge in [0.1, 0.15) is 5.82 Å². The molecular formula is C24H26FN3O2S. The molecule has 0 atom stereocenters. The number of carbonyl (C=O) groups is 2. The summed E-state index contributed by atoms with van der Waals surface area (Å²) in [5.41, 5.74) is 0.420. The molecule has 1 aliphatic heterocycles. The Bertz CT molecular complexity index is 1030. The van der Waals surface area contributed by atoms with Crippen LogP contribution in [0.4, 0.5) is 4.39 Å². The highest BCUT2D eigenvalue weighted by molar-refractivity contribution is 7.20. The molecule has 0 unspecified atom stereocenters. The molecule has 1 fully saturated rings. The van der Waals surface area contributed by atoms with Crippen molar-refractivity contribution in [2.24, 2.45) is 5.92 Å². The van der Waals surface area contributed by atoms with Gasteiger partial charge in [-0.15, -0.1) is 11.3 Å². The molecule has 0 bridgehead atoms. The number of hydrogen-bond acceptors (Lipinski definition) is 4. The number of thiophene rings is 1. The number of unbranched alkanes of at least 4 members (excludes halogenated alkanes) is 1. The third kappa shape index (κ3) is 5.47. The van der Waals surface area contributed by atoms with E-state index >= 15 is 0 Å². The summed E-state index contributed by atoms with van der Waals surface area (Å²) in [6.45, 7) is 2.11. The molecule has 3 heterocycles. The van der Waals surface area contributed by atoms with Crippen LogP contribution in [0.1, 0.15) is 52.1 Å². The number of piperidine rings is 1. The van der Waals surface area contributed by atoms with Gasteiger partial charge in [-0.05, 0) is 60.9 Å². The molecular weight excluding hydrogens is 413 g/mol. The molecule has 0 spiro atoms. The summed E-state index contributed by atoms with van der Waals surface area (Å²) in [6.07, 6.45) is 8.57. The second-order valence-corrected chi connectivity index (χ2v) is 9.11. The van der Waals surface area contributed by atoms with Crippen LogP contribution in [0, 0.1) is 11.7 Å². The van der Waals surface area contributed by atoms with E-state index in [1.165, 1.54) is 23.5 Å². The first kappa shape index (κ1) is 21.4. The van der Waals surface area contributed by atoms with Crippen LogP contribution in [-0.2, 0) is 0 Å². The van der Waals surface area contributed by atoms with Crippen molar-refractivity contribution in [3.8, 4) is 0 Å². The number of likely N-dealkylation sites (tertiary alicyclic amines) is 1. The topological polar surface area (TPSA) is 62.3 Å². The second-order valence-electron chi connectivity index (χ2n) is 8.02. The Hall–Kier alpha value is -2.80. The summed E-state index contributed by atoms with van der Waals surface area (Å²) in [5, 5.41) is 4.06. The molecule has 5 nitrogen and oxygen atoms in total. The van der Waals surface area contributed by atoms with Gasteiger partial charge in [-0.3, -0.25) is 14.6 Å². The molecule has 2 amide bonds. The Morgan fingerprint density at radius 3 is 2.77 bits per heavy atom. The predicted molar refractivity (Wildman–Crippen MR) is 121 cm³/mol. The number of fused-ring (bicyclic) bond motifs is 1. The summed E-state index contributed by atoms with van der Waals surface area (Å²) < 4.78 is 14.4. The zero-order valence-corrected chi connectivity index (χ0v) is 18.2. The number of nitrogens with one attached hydrogen (secondary N) is 1. The monoisotopic (exact) mass is 439 g/mol. The first-order chi connectivity index (χ1) is 15.1. The van der Waals surface area contributed by atoms with E-state index in [1.807, 2.05) is 17.0 Å². The first-order valence-electron chi connectivity index (χ1n) is 10.8. The minimum atomic E-state index is -0.378. The van der Waals surface area contributed by atoms with Gasteiger partial charge in [-0.1, -0.05) is 18.9 Å². The molecule has 3 aromatic rings. The van der Waals surface area contributed by atoms with E-state index in [4.69, 9.17) is 0 Å². The summed E-state index contributed by atoms with van der Waals surface area (Å²) in [6, 6.07) is 9.73. The predicted octanol–water partition coefficient (Wildman–Crippen LogP) is 4.89. The molecule has 7 heteroatoms. The average molecular weight is 440 g/mol. The molecule has 1 aliphatic rings. The van der Waals surface area contributed by atoms with Gasteiger partial charge >= 0.3 is 0 Å². The number of benzene rings is 1. The van der Waals surface area contributed by atoms with Gasteiger partial charge < -0.3 is 10.2 Å². The van der Waals surface area contributed by atoms with E-state index in [9.17, 15) is 14.0 Å². The Labute approximate surface area is 185 Å². The molecule has 4 rings (SSSR count). The number of aromatic nitrogens is 1. The normalized spacial score (nSPS) is 14.7. The molecule has 31 heavy (non-hydrogen) atoms. The fourth-order valence-electron chi connectivity index (χ4n) is 4.07. The number of hydrogen-bond donors (Lipinski definition) is 1. The number of amides is 2. The lowest BCUT2D eigenvalue weighted by Crippen LogP contribution is -2.38. The second kappa shape index (κ2) is 10.0. The number of carbonyl (C=O) groups excluding carboxylic acids is 2. The van der Waals surface area contributed by atoms with Crippen LogP contribution in [0.15, 0.2) is 48.8 Å². The van der Waals surface area contributed by atoms with E-state index in [-0.39, 0.29) is 17.6 Å². The number of rotatable bonds is 7. The van der Waals surface area contributed by atoms with Crippen molar-refractivity contribution in [3.63, 3.8) is 0 Å². The van der Waals surface area contributed by atoms with E-state index in [0.29, 0.717) is 18.0 Å². The molecule has 0 aliphatic carbocycles. The number of pyridine rings is 1. The van der Waals surface area contributed by atoms with Crippen LogP contribution in [-0.4, -0.2) is 41.3 Å². The van der Waals surface area contributed by atoms with E-state index in [2.05, 4.69) is 10.3 Å². The molecule has 1 saturated heterocycles. The summed E-state index contributed by atoms with van der Waals surface area (Å²) >= 11 is 1.47. The number of halogens is 1. The highest BCUT2D eigenvalue weighted by Gasteiger charge is 2.23. The van der Waals surface area contributed by atoms with Crippen LogP contribution in [0.5, 0.6) is 0 Å². The third-order valence-electron chi connectivity index (χ3n) is 5.84. The maximum Gasteiger partial charge on any atom is 0.261 e. The SMILES string of the molecule is O=C(NCCCCC1CCN(C(=O)c2cccc(F)c2)CC1)c1cc2ccncc2s1.